The van der Waals surface area contributed by atoms with Crippen LogP contribution in [-0.4, -0.2) is 22.6 Å². The number of imidazole rings is 1. The van der Waals surface area contributed by atoms with Gasteiger partial charge in [-0.25, -0.2) is 9.37 Å². The summed E-state index contributed by atoms with van der Waals surface area (Å²) < 4.78 is 15.0. The average molecular weight is 247 g/mol. The van der Waals surface area contributed by atoms with Gasteiger partial charge >= 0.3 is 0 Å². The fraction of sp³-hybridized carbons (Fsp3) is 0.357. The standard InChI is InChI=1S/C14H18FN3/c1-2-7-16-8-9-18-11-17-10-14(18)12-3-5-13(15)6-4-12/h3-6,10-11,16H,2,7-9H2,1H3. The van der Waals surface area contributed by atoms with E-state index in [1.807, 2.05) is 12.5 Å². The number of nitrogens with one attached hydrogen (secondary N) is 1. The van der Waals surface area contributed by atoms with Crippen molar-refractivity contribution in [3.8, 4) is 11.3 Å². The van der Waals surface area contributed by atoms with Crippen molar-refractivity contribution in [1.82, 2.24) is 14.9 Å². The average Bonchev–Trinajstić information content (AvgIpc) is 2.84. The molecule has 4 heteroatoms. The zero-order chi connectivity index (χ0) is 12.8. The van der Waals surface area contributed by atoms with Crippen LogP contribution in [0.4, 0.5) is 4.39 Å². The fourth-order valence-corrected chi connectivity index (χ4v) is 1.86. The second-order valence-electron chi connectivity index (χ2n) is 4.23. The van der Waals surface area contributed by atoms with Crippen LogP contribution in [0, 0.1) is 5.82 Å². The molecule has 0 saturated carbocycles. The first-order valence-electron chi connectivity index (χ1n) is 6.28. The zero-order valence-corrected chi connectivity index (χ0v) is 10.6. The number of hydrogen-bond donors (Lipinski definition) is 1. The van der Waals surface area contributed by atoms with Gasteiger partial charge in [0.05, 0.1) is 18.2 Å². The third-order valence-corrected chi connectivity index (χ3v) is 2.81. The Bertz CT molecular complexity index is 476. The Hall–Kier alpha value is -1.68. The van der Waals surface area contributed by atoms with E-state index in [0.29, 0.717) is 0 Å². The number of hydrogen-bond acceptors (Lipinski definition) is 2. The molecule has 1 aromatic heterocycles. The molecule has 96 valence electrons. The van der Waals surface area contributed by atoms with Crippen LogP contribution in [0.3, 0.4) is 0 Å². The third kappa shape index (κ3) is 3.17. The molecule has 0 radical (unpaired) electrons. The van der Waals surface area contributed by atoms with Crippen LogP contribution >= 0.6 is 0 Å². The van der Waals surface area contributed by atoms with Gasteiger partial charge in [0.25, 0.3) is 0 Å². The summed E-state index contributed by atoms with van der Waals surface area (Å²) >= 11 is 0. The van der Waals surface area contributed by atoms with Crippen molar-refractivity contribution >= 4 is 0 Å². The zero-order valence-electron chi connectivity index (χ0n) is 10.6. The molecule has 0 saturated heterocycles. The second kappa shape index (κ2) is 6.31. The van der Waals surface area contributed by atoms with Gasteiger partial charge in [-0.2, -0.15) is 0 Å². The topological polar surface area (TPSA) is 29.9 Å². The molecule has 1 heterocycles. The number of aromatic nitrogens is 2. The van der Waals surface area contributed by atoms with E-state index in [2.05, 4.69) is 21.8 Å². The first kappa shape index (κ1) is 12.8. The predicted molar refractivity (Wildman–Crippen MR) is 70.8 cm³/mol. The highest BCUT2D eigenvalue weighted by Crippen LogP contribution is 2.18. The Balaban J connectivity index is 2.05. The highest BCUT2D eigenvalue weighted by molar-refractivity contribution is 5.58. The van der Waals surface area contributed by atoms with Gasteiger partial charge in [-0.1, -0.05) is 6.92 Å². The van der Waals surface area contributed by atoms with E-state index in [4.69, 9.17) is 0 Å². The van der Waals surface area contributed by atoms with Crippen LogP contribution in [0.5, 0.6) is 0 Å². The SMILES string of the molecule is CCCNCCn1cncc1-c1ccc(F)cc1. The summed E-state index contributed by atoms with van der Waals surface area (Å²) in [5, 5.41) is 3.35. The normalized spacial score (nSPS) is 10.8. The van der Waals surface area contributed by atoms with Gasteiger partial charge in [0.2, 0.25) is 0 Å². The maximum atomic E-state index is 12.9. The molecule has 0 spiro atoms. The van der Waals surface area contributed by atoms with Crippen LogP contribution in [0.1, 0.15) is 13.3 Å². The number of rotatable bonds is 6. The van der Waals surface area contributed by atoms with Crippen molar-refractivity contribution < 1.29 is 4.39 Å². The van der Waals surface area contributed by atoms with Crippen molar-refractivity contribution in [3.63, 3.8) is 0 Å². The van der Waals surface area contributed by atoms with Crippen molar-refractivity contribution in [1.29, 1.82) is 0 Å². The summed E-state index contributed by atoms with van der Waals surface area (Å²) in [5.74, 6) is -0.213. The summed E-state index contributed by atoms with van der Waals surface area (Å²) in [6.45, 7) is 4.96. The van der Waals surface area contributed by atoms with Crippen LogP contribution < -0.4 is 5.32 Å². The van der Waals surface area contributed by atoms with Crippen molar-refractivity contribution in [2.24, 2.45) is 0 Å². The lowest BCUT2D eigenvalue weighted by Gasteiger charge is -2.09. The largest absolute Gasteiger partial charge is 0.329 e. The molecule has 2 aromatic rings. The van der Waals surface area contributed by atoms with Crippen LogP contribution in [0.25, 0.3) is 11.3 Å². The Labute approximate surface area is 107 Å². The van der Waals surface area contributed by atoms with Gasteiger partial charge in [0.1, 0.15) is 5.82 Å². The molecule has 0 unspecified atom stereocenters. The van der Waals surface area contributed by atoms with Crippen LogP contribution in [0.15, 0.2) is 36.8 Å². The number of benzene rings is 1. The van der Waals surface area contributed by atoms with Crippen LogP contribution in [0.2, 0.25) is 0 Å². The molecule has 0 amide bonds. The summed E-state index contributed by atoms with van der Waals surface area (Å²) in [6, 6.07) is 6.51. The molecule has 1 N–H and O–H groups in total. The van der Waals surface area contributed by atoms with Crippen molar-refractivity contribution in [2.45, 2.75) is 19.9 Å². The van der Waals surface area contributed by atoms with E-state index in [9.17, 15) is 4.39 Å². The van der Waals surface area contributed by atoms with E-state index in [0.717, 1.165) is 37.3 Å². The van der Waals surface area contributed by atoms with Gasteiger partial charge < -0.3 is 9.88 Å². The third-order valence-electron chi connectivity index (χ3n) is 2.81. The lowest BCUT2D eigenvalue weighted by Crippen LogP contribution is -2.20. The van der Waals surface area contributed by atoms with E-state index in [1.165, 1.54) is 12.1 Å². The van der Waals surface area contributed by atoms with E-state index in [1.54, 1.807) is 12.1 Å². The smallest absolute Gasteiger partial charge is 0.123 e. The number of halogens is 1. The predicted octanol–water partition coefficient (Wildman–Crippen LogP) is 2.69. The van der Waals surface area contributed by atoms with Crippen molar-refractivity contribution in [3.05, 3.63) is 42.6 Å². The Kier molecular flexibility index (Phi) is 4.47. The van der Waals surface area contributed by atoms with Gasteiger partial charge in [0, 0.05) is 13.1 Å². The van der Waals surface area contributed by atoms with Gasteiger partial charge in [-0.15, -0.1) is 0 Å². The molecule has 0 aliphatic heterocycles. The molecule has 0 atom stereocenters. The van der Waals surface area contributed by atoms with Gasteiger partial charge in [-0.05, 0) is 42.8 Å². The minimum atomic E-state index is -0.213. The maximum absolute atomic E-state index is 12.9. The molecule has 0 aliphatic rings. The lowest BCUT2D eigenvalue weighted by molar-refractivity contribution is 0.596. The van der Waals surface area contributed by atoms with E-state index >= 15 is 0 Å². The summed E-state index contributed by atoms with van der Waals surface area (Å²) in [7, 11) is 0. The summed E-state index contributed by atoms with van der Waals surface area (Å²) in [6.07, 6.45) is 4.76. The molecular weight excluding hydrogens is 229 g/mol. The minimum absolute atomic E-state index is 0.213. The molecular formula is C14H18FN3. The van der Waals surface area contributed by atoms with Gasteiger partial charge in [-0.3, -0.25) is 0 Å². The molecule has 0 fully saturated rings. The molecule has 3 nitrogen and oxygen atoms in total. The fourth-order valence-electron chi connectivity index (χ4n) is 1.86. The Morgan fingerprint density at radius 1 is 1.22 bits per heavy atom. The highest BCUT2D eigenvalue weighted by atomic mass is 19.1. The first-order chi connectivity index (χ1) is 8.81. The molecule has 1 aromatic carbocycles. The van der Waals surface area contributed by atoms with Gasteiger partial charge in [0.15, 0.2) is 0 Å². The minimum Gasteiger partial charge on any atom is -0.329 e. The first-order valence-corrected chi connectivity index (χ1v) is 6.28. The van der Waals surface area contributed by atoms with E-state index in [-0.39, 0.29) is 5.82 Å². The second-order valence-corrected chi connectivity index (χ2v) is 4.23. The lowest BCUT2D eigenvalue weighted by atomic mass is 10.1. The molecule has 0 aliphatic carbocycles. The molecule has 18 heavy (non-hydrogen) atoms. The Morgan fingerprint density at radius 3 is 2.72 bits per heavy atom. The number of nitrogens with zero attached hydrogens (tertiary/aromatic N) is 2. The monoisotopic (exact) mass is 247 g/mol. The quantitative estimate of drug-likeness (QED) is 0.795. The maximum Gasteiger partial charge on any atom is 0.123 e. The Morgan fingerprint density at radius 2 is 2.00 bits per heavy atom. The molecule has 2 rings (SSSR count). The summed E-state index contributed by atoms with van der Waals surface area (Å²) in [5.41, 5.74) is 2.01. The highest BCUT2D eigenvalue weighted by Gasteiger charge is 2.04. The van der Waals surface area contributed by atoms with Crippen LogP contribution in [-0.2, 0) is 6.54 Å². The summed E-state index contributed by atoms with van der Waals surface area (Å²) in [4.78, 5) is 4.16. The van der Waals surface area contributed by atoms with Crippen molar-refractivity contribution in [2.75, 3.05) is 13.1 Å². The van der Waals surface area contributed by atoms with E-state index < -0.39 is 0 Å². The molecule has 0 bridgehead atoms.